The minimum Gasteiger partial charge on any atom is -0.392 e. The van der Waals surface area contributed by atoms with Gasteiger partial charge in [-0.2, -0.15) is 0 Å². The number of aliphatic hydroxyl groups excluding tert-OH is 1. The minimum absolute atomic E-state index is 0.0751. The molecule has 1 aromatic carbocycles. The fourth-order valence-electron chi connectivity index (χ4n) is 3.83. The van der Waals surface area contributed by atoms with Crippen LogP contribution in [0.4, 0.5) is 0 Å². The number of hydrogen-bond acceptors (Lipinski definition) is 3. The Morgan fingerprint density at radius 1 is 1.04 bits per heavy atom. The third-order valence-electron chi connectivity index (χ3n) is 4.98. The second kappa shape index (κ2) is 8.97. The SMILES string of the molecule is Cc1cccc(Sc2c(C(C)C)c(CO)c(C(C)C)n2Cc2ccncc2)c1. The molecule has 0 aliphatic heterocycles. The molecule has 0 spiro atoms. The van der Waals surface area contributed by atoms with Crippen LogP contribution in [0.1, 0.15) is 67.5 Å². The summed E-state index contributed by atoms with van der Waals surface area (Å²) in [6, 6.07) is 12.8. The molecule has 0 aliphatic rings. The summed E-state index contributed by atoms with van der Waals surface area (Å²) in [5.41, 5.74) is 6.08. The number of aliphatic hydroxyl groups is 1. The summed E-state index contributed by atoms with van der Waals surface area (Å²) in [4.78, 5) is 5.39. The monoisotopic (exact) mass is 394 g/mol. The van der Waals surface area contributed by atoms with Crippen LogP contribution in [0, 0.1) is 6.92 Å². The number of hydrogen-bond donors (Lipinski definition) is 1. The van der Waals surface area contributed by atoms with Gasteiger partial charge >= 0.3 is 0 Å². The maximum Gasteiger partial charge on any atom is 0.0840 e. The number of benzene rings is 1. The Hall–Kier alpha value is -2.04. The van der Waals surface area contributed by atoms with E-state index in [2.05, 4.69) is 80.6 Å². The molecule has 3 nitrogen and oxygen atoms in total. The number of rotatable bonds is 7. The normalized spacial score (nSPS) is 11.6. The molecule has 28 heavy (non-hydrogen) atoms. The van der Waals surface area contributed by atoms with Gasteiger partial charge in [0, 0.05) is 35.1 Å². The van der Waals surface area contributed by atoms with E-state index in [-0.39, 0.29) is 6.61 Å². The van der Waals surface area contributed by atoms with Crippen molar-refractivity contribution in [3.63, 3.8) is 0 Å². The molecule has 2 heterocycles. The quantitative estimate of drug-likeness (QED) is 0.524. The third kappa shape index (κ3) is 4.34. The second-order valence-electron chi connectivity index (χ2n) is 7.91. The highest BCUT2D eigenvalue weighted by molar-refractivity contribution is 7.99. The molecule has 0 amide bonds. The van der Waals surface area contributed by atoms with Gasteiger partial charge in [0.2, 0.25) is 0 Å². The Labute approximate surface area is 172 Å². The summed E-state index contributed by atoms with van der Waals surface area (Å²) in [5, 5.41) is 11.5. The zero-order valence-electron chi connectivity index (χ0n) is 17.4. The van der Waals surface area contributed by atoms with Crippen molar-refractivity contribution in [1.29, 1.82) is 0 Å². The van der Waals surface area contributed by atoms with E-state index < -0.39 is 0 Å². The van der Waals surface area contributed by atoms with E-state index in [9.17, 15) is 5.11 Å². The van der Waals surface area contributed by atoms with Crippen molar-refractivity contribution in [3.8, 4) is 0 Å². The summed E-state index contributed by atoms with van der Waals surface area (Å²) in [6.45, 7) is 11.8. The molecule has 0 aliphatic carbocycles. The van der Waals surface area contributed by atoms with Crippen molar-refractivity contribution >= 4 is 11.8 Å². The van der Waals surface area contributed by atoms with E-state index in [0.29, 0.717) is 11.8 Å². The van der Waals surface area contributed by atoms with Gasteiger partial charge in [-0.25, -0.2) is 0 Å². The zero-order chi connectivity index (χ0) is 20.3. The molecule has 0 unspecified atom stereocenters. The number of aromatic nitrogens is 2. The van der Waals surface area contributed by atoms with Gasteiger partial charge in [-0.15, -0.1) is 0 Å². The van der Waals surface area contributed by atoms with Gasteiger partial charge in [-0.3, -0.25) is 4.98 Å². The fraction of sp³-hybridized carbons (Fsp3) is 0.375. The van der Waals surface area contributed by atoms with Gasteiger partial charge < -0.3 is 9.67 Å². The van der Waals surface area contributed by atoms with Crippen LogP contribution in [0.25, 0.3) is 0 Å². The molecular weight excluding hydrogens is 364 g/mol. The van der Waals surface area contributed by atoms with E-state index >= 15 is 0 Å². The molecule has 0 atom stereocenters. The molecule has 0 bridgehead atoms. The first-order valence-corrected chi connectivity index (χ1v) is 10.7. The summed E-state index contributed by atoms with van der Waals surface area (Å²) >= 11 is 1.81. The number of nitrogens with zero attached hydrogens (tertiary/aromatic N) is 2. The summed E-state index contributed by atoms with van der Waals surface area (Å²) in [6.07, 6.45) is 3.69. The molecular formula is C24H30N2OS. The predicted molar refractivity (Wildman–Crippen MR) is 117 cm³/mol. The Morgan fingerprint density at radius 3 is 2.32 bits per heavy atom. The lowest BCUT2D eigenvalue weighted by Gasteiger charge is -2.17. The predicted octanol–water partition coefficient (Wildman–Crippen LogP) is 6.13. The van der Waals surface area contributed by atoms with Gasteiger partial charge in [0.1, 0.15) is 0 Å². The third-order valence-corrected chi connectivity index (χ3v) is 6.10. The summed E-state index contributed by atoms with van der Waals surface area (Å²) in [7, 11) is 0. The standard InChI is InChI=1S/C24H30N2OS/c1-16(2)22-21(15-27)23(17(3)4)26(14-19-9-11-25-12-10-19)24(22)28-20-8-6-7-18(5)13-20/h6-13,16-17,27H,14-15H2,1-5H3. The van der Waals surface area contributed by atoms with Crippen LogP contribution < -0.4 is 0 Å². The first-order valence-electron chi connectivity index (χ1n) is 9.91. The van der Waals surface area contributed by atoms with E-state index in [1.807, 2.05) is 12.4 Å². The van der Waals surface area contributed by atoms with Gasteiger partial charge in [0.25, 0.3) is 0 Å². The average Bonchev–Trinajstić information content (AvgIpc) is 2.96. The summed E-state index contributed by atoms with van der Waals surface area (Å²) < 4.78 is 2.41. The van der Waals surface area contributed by atoms with Crippen LogP contribution in [0.3, 0.4) is 0 Å². The fourth-order valence-corrected chi connectivity index (χ4v) is 5.19. The van der Waals surface area contributed by atoms with Gasteiger partial charge in [-0.05, 0) is 54.2 Å². The molecule has 1 N–H and O–H groups in total. The van der Waals surface area contributed by atoms with Crippen molar-refractivity contribution in [2.45, 2.75) is 69.5 Å². The molecule has 3 aromatic rings. The van der Waals surface area contributed by atoms with Crippen molar-refractivity contribution in [2.24, 2.45) is 0 Å². The number of aryl methyl sites for hydroxylation is 1. The van der Waals surface area contributed by atoms with Crippen molar-refractivity contribution < 1.29 is 5.11 Å². The lowest BCUT2D eigenvalue weighted by atomic mass is 9.97. The van der Waals surface area contributed by atoms with Crippen molar-refractivity contribution in [3.05, 3.63) is 76.7 Å². The van der Waals surface area contributed by atoms with E-state index in [1.165, 1.54) is 32.3 Å². The first-order chi connectivity index (χ1) is 13.4. The smallest absolute Gasteiger partial charge is 0.0840 e. The summed E-state index contributed by atoms with van der Waals surface area (Å²) in [5.74, 6) is 0.666. The molecule has 3 rings (SSSR count). The van der Waals surface area contributed by atoms with Gasteiger partial charge in [0.15, 0.2) is 0 Å². The van der Waals surface area contributed by atoms with Crippen LogP contribution in [0.15, 0.2) is 58.7 Å². The molecule has 0 saturated heterocycles. The Kier molecular flexibility index (Phi) is 6.63. The average molecular weight is 395 g/mol. The molecule has 0 radical (unpaired) electrons. The molecule has 2 aromatic heterocycles. The van der Waals surface area contributed by atoms with Crippen LogP contribution in [-0.4, -0.2) is 14.7 Å². The highest BCUT2D eigenvalue weighted by Crippen LogP contribution is 2.42. The van der Waals surface area contributed by atoms with Gasteiger partial charge in [-0.1, -0.05) is 57.2 Å². The Morgan fingerprint density at radius 2 is 1.75 bits per heavy atom. The van der Waals surface area contributed by atoms with Crippen molar-refractivity contribution in [1.82, 2.24) is 9.55 Å². The van der Waals surface area contributed by atoms with E-state index in [1.54, 1.807) is 11.8 Å². The number of pyridine rings is 1. The zero-order valence-corrected chi connectivity index (χ0v) is 18.3. The lowest BCUT2D eigenvalue weighted by molar-refractivity contribution is 0.278. The maximum atomic E-state index is 10.3. The maximum absolute atomic E-state index is 10.3. The highest BCUT2D eigenvalue weighted by atomic mass is 32.2. The minimum atomic E-state index is 0.0751. The molecule has 148 valence electrons. The Balaban J connectivity index is 2.20. The topological polar surface area (TPSA) is 38.0 Å². The largest absolute Gasteiger partial charge is 0.392 e. The van der Waals surface area contributed by atoms with Crippen LogP contribution in [0.2, 0.25) is 0 Å². The van der Waals surface area contributed by atoms with Crippen molar-refractivity contribution in [2.75, 3.05) is 0 Å². The second-order valence-corrected chi connectivity index (χ2v) is 8.97. The first kappa shape index (κ1) is 20.7. The van der Waals surface area contributed by atoms with Gasteiger partial charge in [0.05, 0.1) is 11.6 Å². The molecule has 0 fully saturated rings. The van der Waals surface area contributed by atoms with Crippen LogP contribution >= 0.6 is 11.8 Å². The van der Waals surface area contributed by atoms with E-state index in [4.69, 9.17) is 0 Å². The lowest BCUT2D eigenvalue weighted by Crippen LogP contribution is -2.08. The Bertz CT molecular complexity index is 929. The molecule has 0 saturated carbocycles. The highest BCUT2D eigenvalue weighted by Gasteiger charge is 2.26. The van der Waals surface area contributed by atoms with Crippen LogP contribution in [-0.2, 0) is 13.2 Å². The molecule has 4 heteroatoms. The van der Waals surface area contributed by atoms with Crippen LogP contribution in [0.5, 0.6) is 0 Å². The van der Waals surface area contributed by atoms with E-state index in [0.717, 1.165) is 12.1 Å².